The van der Waals surface area contributed by atoms with Gasteiger partial charge in [0.15, 0.2) is 0 Å². The van der Waals surface area contributed by atoms with Gasteiger partial charge in [-0.3, -0.25) is 0 Å². The van der Waals surface area contributed by atoms with E-state index in [0.717, 1.165) is 38.0 Å². The number of nitrogens with zero attached hydrogens (tertiary/aromatic N) is 3. The molecule has 1 heterocycles. The van der Waals surface area contributed by atoms with Crippen molar-refractivity contribution < 1.29 is 5.11 Å². The van der Waals surface area contributed by atoms with Crippen LogP contribution in [0.1, 0.15) is 43.9 Å². The maximum absolute atomic E-state index is 10.2. The molecule has 2 aromatic rings. The zero-order valence-corrected chi connectivity index (χ0v) is 13.8. The van der Waals surface area contributed by atoms with Gasteiger partial charge < -0.3 is 10.4 Å². The van der Waals surface area contributed by atoms with Crippen molar-refractivity contribution in [1.29, 1.82) is 0 Å². The van der Waals surface area contributed by atoms with Crippen molar-refractivity contribution in [1.82, 2.24) is 20.3 Å². The zero-order chi connectivity index (χ0) is 16.1. The van der Waals surface area contributed by atoms with Crippen LogP contribution in [-0.2, 0) is 13.1 Å². The normalized spacial score (nSPS) is 24.7. The lowest BCUT2D eigenvalue weighted by molar-refractivity contribution is 0.00111. The molecule has 1 aliphatic carbocycles. The Morgan fingerprint density at radius 1 is 1.30 bits per heavy atom. The molecule has 0 bridgehead atoms. The molecule has 5 heteroatoms. The molecular weight excluding hydrogens is 288 g/mol. The highest BCUT2D eigenvalue weighted by Gasteiger charge is 2.34. The molecule has 3 rings (SSSR count). The van der Waals surface area contributed by atoms with E-state index in [1.54, 1.807) is 0 Å². The summed E-state index contributed by atoms with van der Waals surface area (Å²) in [5, 5.41) is 22.1. The second-order valence-corrected chi connectivity index (χ2v) is 6.91. The lowest BCUT2D eigenvalue weighted by Crippen LogP contribution is -2.43. The molecule has 23 heavy (non-hydrogen) atoms. The van der Waals surface area contributed by atoms with Gasteiger partial charge in [-0.1, -0.05) is 55.3 Å². The minimum atomic E-state index is -0.197. The van der Waals surface area contributed by atoms with E-state index in [1.807, 2.05) is 29.1 Å². The number of aliphatic hydroxyl groups is 1. The van der Waals surface area contributed by atoms with E-state index < -0.39 is 0 Å². The molecule has 1 aromatic heterocycles. The molecule has 1 fully saturated rings. The Kier molecular flexibility index (Phi) is 5.08. The molecule has 0 radical (unpaired) electrons. The van der Waals surface area contributed by atoms with Crippen molar-refractivity contribution in [2.24, 2.45) is 5.41 Å². The number of benzene rings is 1. The van der Waals surface area contributed by atoms with Gasteiger partial charge in [-0.2, -0.15) is 0 Å². The van der Waals surface area contributed by atoms with Crippen LogP contribution in [0, 0.1) is 5.41 Å². The van der Waals surface area contributed by atoms with Crippen LogP contribution in [-0.4, -0.2) is 32.7 Å². The predicted octanol–water partition coefficient (Wildman–Crippen LogP) is 2.36. The van der Waals surface area contributed by atoms with E-state index in [0.29, 0.717) is 6.54 Å². The predicted molar refractivity (Wildman–Crippen MR) is 89.9 cm³/mol. The molecule has 1 aromatic carbocycles. The third-order valence-corrected chi connectivity index (χ3v) is 4.89. The Morgan fingerprint density at radius 2 is 2.13 bits per heavy atom. The summed E-state index contributed by atoms with van der Waals surface area (Å²) < 4.78 is 1.86. The van der Waals surface area contributed by atoms with Crippen LogP contribution in [0.2, 0.25) is 0 Å². The fraction of sp³-hybridized carbons (Fsp3) is 0.556. The van der Waals surface area contributed by atoms with Gasteiger partial charge in [0.1, 0.15) is 0 Å². The van der Waals surface area contributed by atoms with E-state index in [-0.39, 0.29) is 11.5 Å². The number of aromatic nitrogens is 3. The van der Waals surface area contributed by atoms with Crippen LogP contribution < -0.4 is 5.32 Å². The molecule has 0 spiro atoms. The molecule has 2 atom stereocenters. The van der Waals surface area contributed by atoms with E-state index in [1.165, 1.54) is 12.0 Å². The van der Waals surface area contributed by atoms with Crippen LogP contribution in [0.25, 0.3) is 0 Å². The Balaban J connectivity index is 1.49. The lowest BCUT2D eigenvalue weighted by atomic mass is 9.73. The van der Waals surface area contributed by atoms with Gasteiger partial charge in [-0.05, 0) is 18.4 Å². The smallest absolute Gasteiger partial charge is 0.0964 e. The molecule has 0 saturated heterocycles. The van der Waals surface area contributed by atoms with E-state index >= 15 is 0 Å². The van der Waals surface area contributed by atoms with Gasteiger partial charge in [0, 0.05) is 18.5 Å². The summed E-state index contributed by atoms with van der Waals surface area (Å²) in [6.45, 7) is 4.43. The first-order valence-corrected chi connectivity index (χ1v) is 8.47. The molecule has 2 unspecified atom stereocenters. The van der Waals surface area contributed by atoms with Crippen molar-refractivity contribution in [3.8, 4) is 0 Å². The Hall–Kier alpha value is -1.72. The highest BCUT2D eigenvalue weighted by Crippen LogP contribution is 2.35. The maximum Gasteiger partial charge on any atom is 0.0964 e. The van der Waals surface area contributed by atoms with Crippen LogP contribution in [0.15, 0.2) is 36.5 Å². The summed E-state index contributed by atoms with van der Waals surface area (Å²) in [4.78, 5) is 0. The summed E-state index contributed by atoms with van der Waals surface area (Å²) in [7, 11) is 0. The molecule has 0 amide bonds. The number of hydrogen-bond acceptors (Lipinski definition) is 4. The highest BCUT2D eigenvalue weighted by atomic mass is 16.3. The van der Waals surface area contributed by atoms with Crippen LogP contribution in [0.4, 0.5) is 0 Å². The first-order chi connectivity index (χ1) is 11.2. The first kappa shape index (κ1) is 16.1. The standard InChI is InChI=1S/C18H26N4O/c1-18(10-6-5-9-17(18)23)14-19-11-16-13-22(21-20-16)12-15-7-3-2-4-8-15/h2-4,7-8,13,17,19,23H,5-6,9-12,14H2,1H3. The number of rotatable bonds is 6. The highest BCUT2D eigenvalue weighted by molar-refractivity contribution is 5.14. The molecule has 5 nitrogen and oxygen atoms in total. The summed E-state index contributed by atoms with van der Waals surface area (Å²) in [6, 6.07) is 10.3. The molecule has 2 N–H and O–H groups in total. The largest absolute Gasteiger partial charge is 0.393 e. The molecule has 124 valence electrons. The average molecular weight is 314 g/mol. The van der Waals surface area contributed by atoms with Crippen molar-refractivity contribution in [3.05, 3.63) is 47.8 Å². The minimum absolute atomic E-state index is 0.0156. The monoisotopic (exact) mass is 314 g/mol. The van der Waals surface area contributed by atoms with Gasteiger partial charge in [0.2, 0.25) is 0 Å². The van der Waals surface area contributed by atoms with Gasteiger partial charge in [-0.25, -0.2) is 4.68 Å². The third-order valence-electron chi connectivity index (χ3n) is 4.89. The Labute approximate surface area is 137 Å². The van der Waals surface area contributed by atoms with E-state index in [2.05, 4.69) is 34.7 Å². The second kappa shape index (κ2) is 7.23. The van der Waals surface area contributed by atoms with Crippen molar-refractivity contribution >= 4 is 0 Å². The van der Waals surface area contributed by atoms with E-state index in [4.69, 9.17) is 0 Å². The lowest BCUT2D eigenvalue weighted by Gasteiger charge is -2.38. The second-order valence-electron chi connectivity index (χ2n) is 6.91. The van der Waals surface area contributed by atoms with Crippen molar-refractivity contribution in [2.75, 3.05) is 6.54 Å². The van der Waals surface area contributed by atoms with Crippen LogP contribution in [0.5, 0.6) is 0 Å². The van der Waals surface area contributed by atoms with Gasteiger partial charge in [-0.15, -0.1) is 5.10 Å². The molecule has 0 aliphatic heterocycles. The summed E-state index contributed by atoms with van der Waals surface area (Å²) in [5.41, 5.74) is 2.14. The van der Waals surface area contributed by atoms with Crippen LogP contribution in [0.3, 0.4) is 0 Å². The van der Waals surface area contributed by atoms with Gasteiger partial charge >= 0.3 is 0 Å². The van der Waals surface area contributed by atoms with Crippen molar-refractivity contribution in [2.45, 2.75) is 51.8 Å². The van der Waals surface area contributed by atoms with Crippen molar-refractivity contribution in [3.63, 3.8) is 0 Å². The van der Waals surface area contributed by atoms with E-state index in [9.17, 15) is 5.11 Å². The summed E-state index contributed by atoms with van der Waals surface area (Å²) in [5.74, 6) is 0. The topological polar surface area (TPSA) is 63.0 Å². The zero-order valence-electron chi connectivity index (χ0n) is 13.8. The fourth-order valence-electron chi connectivity index (χ4n) is 3.33. The number of nitrogens with one attached hydrogen (secondary N) is 1. The van der Waals surface area contributed by atoms with Crippen LogP contribution >= 0.6 is 0 Å². The minimum Gasteiger partial charge on any atom is -0.393 e. The van der Waals surface area contributed by atoms with Gasteiger partial charge in [0.05, 0.1) is 24.5 Å². The Morgan fingerprint density at radius 3 is 2.91 bits per heavy atom. The number of aliphatic hydroxyl groups excluding tert-OH is 1. The molecule has 1 aliphatic rings. The average Bonchev–Trinajstić information content (AvgIpc) is 2.99. The van der Waals surface area contributed by atoms with Gasteiger partial charge in [0.25, 0.3) is 0 Å². The maximum atomic E-state index is 10.2. The summed E-state index contributed by atoms with van der Waals surface area (Å²) >= 11 is 0. The first-order valence-electron chi connectivity index (χ1n) is 8.47. The quantitative estimate of drug-likeness (QED) is 0.859. The third kappa shape index (κ3) is 4.18. The molecular formula is C18H26N4O. The SMILES string of the molecule is CC1(CNCc2cn(Cc3ccccc3)nn2)CCCCC1O. The fourth-order valence-corrected chi connectivity index (χ4v) is 3.33. The Bertz CT molecular complexity index is 612. The molecule has 1 saturated carbocycles. The summed E-state index contributed by atoms with van der Waals surface area (Å²) in [6.07, 6.45) is 6.15. The number of hydrogen-bond donors (Lipinski definition) is 2.